The van der Waals surface area contributed by atoms with Crippen LogP contribution in [0.5, 0.6) is 0 Å². The first-order chi connectivity index (χ1) is 9.54. The molecule has 2 rings (SSSR count). The van der Waals surface area contributed by atoms with E-state index in [2.05, 4.69) is 17.3 Å². The van der Waals surface area contributed by atoms with Crippen LogP contribution in [0, 0.1) is 6.92 Å². The van der Waals surface area contributed by atoms with Crippen LogP contribution in [0.25, 0.3) is 0 Å². The number of amides is 2. The number of nitrogens with zero attached hydrogens (tertiary/aromatic N) is 3. The molecule has 110 valence electrons. The Labute approximate surface area is 119 Å². The van der Waals surface area contributed by atoms with Crippen molar-refractivity contribution in [3.63, 3.8) is 0 Å². The van der Waals surface area contributed by atoms with Crippen LogP contribution in [0.1, 0.15) is 38.8 Å². The third-order valence-corrected chi connectivity index (χ3v) is 3.53. The summed E-state index contributed by atoms with van der Waals surface area (Å²) in [6.45, 7) is 6.96. The Balaban J connectivity index is 2.14. The molecular weight excluding hydrogens is 256 g/mol. The molecule has 0 aromatic carbocycles. The number of carbonyl (C=O) groups is 2. The van der Waals surface area contributed by atoms with Gasteiger partial charge in [-0.05, 0) is 20.3 Å². The number of nitrogens with one attached hydrogen (secondary N) is 1. The molecule has 6 nitrogen and oxygen atoms in total. The lowest BCUT2D eigenvalue weighted by Gasteiger charge is -2.31. The molecule has 1 atom stereocenters. The average molecular weight is 278 g/mol. The number of hydrogen-bond acceptors (Lipinski definition) is 3. The molecule has 1 aromatic heterocycles. The second-order valence-corrected chi connectivity index (χ2v) is 5.20. The first kappa shape index (κ1) is 14.6. The van der Waals surface area contributed by atoms with Crippen molar-refractivity contribution in [2.75, 3.05) is 11.4 Å². The van der Waals surface area contributed by atoms with Crippen molar-refractivity contribution in [1.82, 2.24) is 15.1 Å². The van der Waals surface area contributed by atoms with E-state index in [1.165, 1.54) is 0 Å². The van der Waals surface area contributed by atoms with Crippen LogP contribution in [-0.4, -0.2) is 34.2 Å². The highest BCUT2D eigenvalue weighted by Crippen LogP contribution is 2.24. The van der Waals surface area contributed by atoms with Crippen molar-refractivity contribution in [1.29, 1.82) is 0 Å². The van der Waals surface area contributed by atoms with Crippen molar-refractivity contribution >= 4 is 17.6 Å². The Kier molecular flexibility index (Phi) is 4.42. The van der Waals surface area contributed by atoms with Crippen LogP contribution in [0.3, 0.4) is 0 Å². The summed E-state index contributed by atoms with van der Waals surface area (Å²) in [6.07, 6.45) is 2.37. The molecule has 1 aliphatic rings. The Hall–Kier alpha value is -1.85. The SMILES string of the molecule is CCCCNC(=O)[C@H](C)N1C(=O)CCn2nc(C)cc21. The molecule has 2 heterocycles. The molecule has 6 heteroatoms. The Morgan fingerprint density at radius 2 is 2.30 bits per heavy atom. The number of hydrogen-bond donors (Lipinski definition) is 1. The molecule has 0 radical (unpaired) electrons. The third-order valence-electron chi connectivity index (χ3n) is 3.53. The summed E-state index contributed by atoms with van der Waals surface area (Å²) in [5.41, 5.74) is 0.860. The van der Waals surface area contributed by atoms with E-state index in [0.29, 0.717) is 19.5 Å². The normalized spacial score (nSPS) is 15.9. The molecule has 1 aliphatic heterocycles. The van der Waals surface area contributed by atoms with E-state index in [1.807, 2.05) is 13.0 Å². The van der Waals surface area contributed by atoms with Crippen molar-refractivity contribution in [2.24, 2.45) is 0 Å². The maximum Gasteiger partial charge on any atom is 0.242 e. The van der Waals surface area contributed by atoms with Gasteiger partial charge in [0.05, 0.1) is 12.2 Å². The van der Waals surface area contributed by atoms with Gasteiger partial charge in [-0.1, -0.05) is 13.3 Å². The number of unbranched alkanes of at least 4 members (excludes halogenated alkanes) is 1. The quantitative estimate of drug-likeness (QED) is 0.824. The molecule has 1 aromatic rings. The number of rotatable bonds is 5. The molecule has 0 fully saturated rings. The summed E-state index contributed by atoms with van der Waals surface area (Å²) in [4.78, 5) is 25.9. The highest BCUT2D eigenvalue weighted by atomic mass is 16.2. The standard InChI is InChI=1S/C14H22N4O2/c1-4-5-7-15-14(20)11(3)18-12-9-10(2)16-17(12)8-6-13(18)19/h9,11H,4-8H2,1-3H3,(H,15,20)/t11-/m0/s1. The summed E-state index contributed by atoms with van der Waals surface area (Å²) >= 11 is 0. The third kappa shape index (κ3) is 2.84. The summed E-state index contributed by atoms with van der Waals surface area (Å²) < 4.78 is 1.80. The van der Waals surface area contributed by atoms with Crippen LogP contribution >= 0.6 is 0 Å². The molecule has 20 heavy (non-hydrogen) atoms. The molecular formula is C14H22N4O2. The Bertz CT molecular complexity index is 509. The molecule has 0 saturated heterocycles. The predicted octanol–water partition coefficient (Wildman–Crippen LogP) is 1.23. The number of carbonyl (C=O) groups excluding carboxylic acids is 2. The second-order valence-electron chi connectivity index (χ2n) is 5.20. The van der Waals surface area contributed by atoms with E-state index >= 15 is 0 Å². The minimum absolute atomic E-state index is 0.0180. The zero-order valence-electron chi connectivity index (χ0n) is 12.3. The summed E-state index contributed by atoms with van der Waals surface area (Å²) in [5.74, 6) is 0.589. The van der Waals surface area contributed by atoms with E-state index in [9.17, 15) is 9.59 Å². The predicted molar refractivity (Wildman–Crippen MR) is 76.4 cm³/mol. The maximum absolute atomic E-state index is 12.1. The molecule has 1 N–H and O–H groups in total. The van der Waals surface area contributed by atoms with Crippen molar-refractivity contribution in [2.45, 2.75) is 52.6 Å². The van der Waals surface area contributed by atoms with E-state index < -0.39 is 6.04 Å². The van der Waals surface area contributed by atoms with Gasteiger partial charge in [-0.25, -0.2) is 4.68 Å². The fourth-order valence-corrected chi connectivity index (χ4v) is 2.41. The van der Waals surface area contributed by atoms with Gasteiger partial charge in [0.1, 0.15) is 11.9 Å². The zero-order valence-corrected chi connectivity index (χ0v) is 12.3. The van der Waals surface area contributed by atoms with Gasteiger partial charge in [-0.15, -0.1) is 0 Å². The number of aromatic nitrogens is 2. The molecule has 0 spiro atoms. The summed E-state index contributed by atoms with van der Waals surface area (Å²) in [7, 11) is 0. The lowest BCUT2D eigenvalue weighted by atomic mass is 10.2. The number of aryl methyl sites for hydroxylation is 2. The Morgan fingerprint density at radius 1 is 1.55 bits per heavy atom. The van der Waals surface area contributed by atoms with Crippen LogP contribution < -0.4 is 10.2 Å². The summed E-state index contributed by atoms with van der Waals surface area (Å²) in [5, 5.41) is 7.22. The van der Waals surface area contributed by atoms with Gasteiger partial charge in [-0.2, -0.15) is 5.10 Å². The molecule has 0 saturated carbocycles. The van der Waals surface area contributed by atoms with Crippen molar-refractivity contribution in [3.8, 4) is 0 Å². The molecule has 0 bridgehead atoms. The van der Waals surface area contributed by atoms with Crippen LogP contribution in [-0.2, 0) is 16.1 Å². The van der Waals surface area contributed by atoms with Gasteiger partial charge < -0.3 is 5.32 Å². The van der Waals surface area contributed by atoms with E-state index in [-0.39, 0.29) is 11.8 Å². The van der Waals surface area contributed by atoms with Crippen LogP contribution in [0.2, 0.25) is 0 Å². The van der Waals surface area contributed by atoms with E-state index in [4.69, 9.17) is 0 Å². The molecule has 0 unspecified atom stereocenters. The number of fused-ring (bicyclic) bond motifs is 1. The molecule has 0 aliphatic carbocycles. The maximum atomic E-state index is 12.1. The first-order valence-electron chi connectivity index (χ1n) is 7.18. The smallest absolute Gasteiger partial charge is 0.242 e. The first-order valence-corrected chi connectivity index (χ1v) is 7.18. The van der Waals surface area contributed by atoms with Crippen LogP contribution in [0.15, 0.2) is 6.07 Å². The average Bonchev–Trinajstić information content (AvgIpc) is 2.78. The minimum atomic E-state index is -0.505. The lowest BCUT2D eigenvalue weighted by Crippen LogP contribution is -2.51. The largest absolute Gasteiger partial charge is 0.354 e. The fraction of sp³-hybridized carbons (Fsp3) is 0.643. The zero-order chi connectivity index (χ0) is 14.7. The minimum Gasteiger partial charge on any atom is -0.354 e. The van der Waals surface area contributed by atoms with Gasteiger partial charge in [0, 0.05) is 19.0 Å². The van der Waals surface area contributed by atoms with Gasteiger partial charge in [-0.3, -0.25) is 14.5 Å². The number of anilines is 1. The second kappa shape index (κ2) is 6.07. The molecule has 2 amide bonds. The van der Waals surface area contributed by atoms with E-state index in [1.54, 1.807) is 16.5 Å². The van der Waals surface area contributed by atoms with Gasteiger partial charge >= 0.3 is 0 Å². The van der Waals surface area contributed by atoms with Crippen molar-refractivity contribution < 1.29 is 9.59 Å². The fourth-order valence-electron chi connectivity index (χ4n) is 2.41. The lowest BCUT2D eigenvalue weighted by molar-refractivity contribution is -0.126. The van der Waals surface area contributed by atoms with Gasteiger partial charge in [0.15, 0.2) is 0 Å². The summed E-state index contributed by atoms with van der Waals surface area (Å²) in [6, 6.07) is 1.35. The van der Waals surface area contributed by atoms with Gasteiger partial charge in [0.2, 0.25) is 11.8 Å². The highest BCUT2D eigenvalue weighted by Gasteiger charge is 2.32. The highest BCUT2D eigenvalue weighted by molar-refractivity contribution is 6.00. The van der Waals surface area contributed by atoms with Crippen molar-refractivity contribution in [3.05, 3.63) is 11.8 Å². The topological polar surface area (TPSA) is 67.2 Å². The monoisotopic (exact) mass is 278 g/mol. The van der Waals surface area contributed by atoms with Gasteiger partial charge in [0.25, 0.3) is 0 Å². The van der Waals surface area contributed by atoms with E-state index in [0.717, 1.165) is 24.4 Å². The Morgan fingerprint density at radius 3 is 3.00 bits per heavy atom. The van der Waals surface area contributed by atoms with Crippen LogP contribution in [0.4, 0.5) is 5.82 Å².